The van der Waals surface area contributed by atoms with Gasteiger partial charge in [0.25, 0.3) is 5.91 Å². The molecule has 0 saturated carbocycles. The van der Waals surface area contributed by atoms with E-state index in [0.717, 1.165) is 28.3 Å². The van der Waals surface area contributed by atoms with Crippen LogP contribution in [0.2, 0.25) is 0 Å². The van der Waals surface area contributed by atoms with E-state index in [1.807, 2.05) is 43.3 Å². The zero-order valence-corrected chi connectivity index (χ0v) is 20.3. The van der Waals surface area contributed by atoms with Gasteiger partial charge in [-0.1, -0.05) is 24.3 Å². The molecule has 0 unspecified atom stereocenters. The summed E-state index contributed by atoms with van der Waals surface area (Å²) in [6, 6.07) is 13.9. The summed E-state index contributed by atoms with van der Waals surface area (Å²) in [5, 5.41) is 0.699. The molecule has 1 saturated heterocycles. The molecule has 0 aromatic heterocycles. The van der Waals surface area contributed by atoms with Gasteiger partial charge in [-0.3, -0.25) is 9.69 Å². The van der Waals surface area contributed by atoms with Crippen molar-refractivity contribution in [1.29, 1.82) is 0 Å². The van der Waals surface area contributed by atoms with Gasteiger partial charge in [-0.25, -0.2) is 4.99 Å². The van der Waals surface area contributed by atoms with Crippen molar-refractivity contribution in [2.24, 2.45) is 4.99 Å². The van der Waals surface area contributed by atoms with Crippen molar-refractivity contribution in [3.63, 3.8) is 0 Å². The number of carbonyl (C=O) groups excluding carboxylic acids is 1. The van der Waals surface area contributed by atoms with Crippen LogP contribution in [0.25, 0.3) is 11.6 Å². The number of amidine groups is 1. The number of para-hydroxylation sites is 1. The standard InChI is InChI=1S/C26H29N3O2S/c1-7-29-24(30)23(32-25(29)27-19-11-9-8-10-12-19)14-18-13-20-17(2)16-26(3,4)28(5)21(20)15-22(18)31-6/h8-16H,7H2,1-6H3/b23-14+,27-25?. The molecule has 32 heavy (non-hydrogen) atoms. The van der Waals surface area contributed by atoms with Crippen LogP contribution in [0.5, 0.6) is 5.75 Å². The van der Waals surface area contributed by atoms with Gasteiger partial charge < -0.3 is 9.64 Å². The molecule has 0 atom stereocenters. The van der Waals surface area contributed by atoms with Gasteiger partial charge in [-0.05, 0) is 69.3 Å². The number of anilines is 1. The Morgan fingerprint density at radius 2 is 1.91 bits per heavy atom. The predicted molar refractivity (Wildman–Crippen MR) is 136 cm³/mol. The molecule has 0 bridgehead atoms. The summed E-state index contributed by atoms with van der Waals surface area (Å²) in [4.78, 5) is 22.4. The lowest BCUT2D eigenvalue weighted by atomic mass is 9.88. The monoisotopic (exact) mass is 447 g/mol. The number of methoxy groups -OCH3 is 1. The largest absolute Gasteiger partial charge is 0.496 e. The topological polar surface area (TPSA) is 45.1 Å². The number of fused-ring (bicyclic) bond motifs is 1. The van der Waals surface area contributed by atoms with Crippen LogP contribution in [0.15, 0.2) is 58.4 Å². The van der Waals surface area contributed by atoms with Gasteiger partial charge in [0.15, 0.2) is 5.17 Å². The Kier molecular flexibility index (Phi) is 5.91. The van der Waals surface area contributed by atoms with Gasteiger partial charge in [0.2, 0.25) is 0 Å². The molecule has 2 heterocycles. The molecule has 2 aromatic rings. The van der Waals surface area contributed by atoms with Crippen LogP contribution in [0.3, 0.4) is 0 Å². The second-order valence-electron chi connectivity index (χ2n) is 8.54. The third-order valence-corrected chi connectivity index (χ3v) is 7.05. The van der Waals surface area contributed by atoms with Gasteiger partial charge in [0.1, 0.15) is 5.75 Å². The van der Waals surface area contributed by atoms with Crippen LogP contribution in [-0.4, -0.2) is 42.2 Å². The third-order valence-electron chi connectivity index (χ3n) is 6.04. The Labute approximate surface area is 194 Å². The third kappa shape index (κ3) is 3.95. The van der Waals surface area contributed by atoms with Crippen molar-refractivity contribution >= 4 is 45.9 Å². The average Bonchev–Trinajstić information content (AvgIpc) is 3.06. The van der Waals surface area contributed by atoms with Crippen molar-refractivity contribution in [1.82, 2.24) is 4.90 Å². The molecule has 1 amide bonds. The van der Waals surface area contributed by atoms with E-state index in [-0.39, 0.29) is 11.4 Å². The number of hydrogen-bond donors (Lipinski definition) is 0. The molecule has 0 N–H and O–H groups in total. The van der Waals surface area contributed by atoms with Crippen LogP contribution in [0, 0.1) is 0 Å². The van der Waals surface area contributed by atoms with Crippen LogP contribution >= 0.6 is 11.8 Å². The summed E-state index contributed by atoms with van der Waals surface area (Å²) in [5.41, 5.74) is 5.14. The number of aliphatic imine (C=N–C) groups is 1. The van der Waals surface area contributed by atoms with Crippen LogP contribution < -0.4 is 9.64 Å². The lowest BCUT2D eigenvalue weighted by molar-refractivity contribution is -0.122. The molecule has 2 aliphatic heterocycles. The van der Waals surface area contributed by atoms with Gasteiger partial charge in [-0.2, -0.15) is 0 Å². The highest BCUT2D eigenvalue weighted by Crippen LogP contribution is 2.43. The first-order chi connectivity index (χ1) is 15.2. The van der Waals surface area contributed by atoms with E-state index in [4.69, 9.17) is 9.73 Å². The highest BCUT2D eigenvalue weighted by atomic mass is 32.2. The van der Waals surface area contributed by atoms with Crippen molar-refractivity contribution in [2.45, 2.75) is 33.2 Å². The minimum absolute atomic E-state index is 0.0301. The fraction of sp³-hybridized carbons (Fsp3) is 0.308. The minimum Gasteiger partial charge on any atom is -0.496 e. The second kappa shape index (κ2) is 8.51. The number of ether oxygens (including phenoxy) is 1. The first-order valence-electron chi connectivity index (χ1n) is 10.8. The van der Waals surface area contributed by atoms with Crippen LogP contribution in [-0.2, 0) is 4.79 Å². The molecule has 6 heteroatoms. The summed E-state index contributed by atoms with van der Waals surface area (Å²) >= 11 is 1.41. The molecule has 2 aromatic carbocycles. The van der Waals surface area contributed by atoms with E-state index in [1.54, 1.807) is 12.0 Å². The SMILES string of the molecule is CCN1C(=O)/C(=C\c2cc3c(cc2OC)N(C)C(C)(C)C=C3C)SC1=Nc1ccccc1. The van der Waals surface area contributed by atoms with Gasteiger partial charge in [0, 0.05) is 36.5 Å². The number of thioether (sulfide) groups is 1. The van der Waals surface area contributed by atoms with Crippen molar-refractivity contribution in [2.75, 3.05) is 25.6 Å². The van der Waals surface area contributed by atoms with Crippen molar-refractivity contribution in [3.8, 4) is 5.75 Å². The normalized spacial score (nSPS) is 20.1. The smallest absolute Gasteiger partial charge is 0.266 e. The molecule has 0 radical (unpaired) electrons. The Morgan fingerprint density at radius 3 is 2.56 bits per heavy atom. The summed E-state index contributed by atoms with van der Waals surface area (Å²) in [6.45, 7) is 9.06. The second-order valence-corrected chi connectivity index (χ2v) is 9.55. The average molecular weight is 448 g/mol. The number of likely N-dealkylation sites (N-methyl/N-ethyl adjacent to an activating group) is 2. The number of amides is 1. The first-order valence-corrected chi connectivity index (χ1v) is 11.6. The highest BCUT2D eigenvalue weighted by Gasteiger charge is 2.33. The number of allylic oxidation sites excluding steroid dienone is 1. The highest BCUT2D eigenvalue weighted by molar-refractivity contribution is 8.18. The fourth-order valence-corrected chi connectivity index (χ4v) is 5.16. The summed E-state index contributed by atoms with van der Waals surface area (Å²) in [5.74, 6) is 0.718. The van der Waals surface area contributed by atoms with E-state index in [1.165, 1.54) is 17.3 Å². The van der Waals surface area contributed by atoms with Crippen molar-refractivity contribution < 1.29 is 9.53 Å². The molecule has 4 rings (SSSR count). The van der Waals surface area contributed by atoms with Gasteiger partial charge in [-0.15, -0.1) is 0 Å². The van der Waals surface area contributed by atoms with E-state index >= 15 is 0 Å². The van der Waals surface area contributed by atoms with Crippen LogP contribution in [0.1, 0.15) is 38.8 Å². The zero-order chi connectivity index (χ0) is 23.0. The molecule has 2 aliphatic rings. The molecule has 0 aliphatic carbocycles. The van der Waals surface area contributed by atoms with Gasteiger partial charge in [0.05, 0.1) is 23.2 Å². The molecule has 1 fully saturated rings. The molecule has 0 spiro atoms. The molecular formula is C26H29N3O2S. The summed E-state index contributed by atoms with van der Waals surface area (Å²) < 4.78 is 5.73. The van der Waals surface area contributed by atoms with Crippen molar-refractivity contribution in [3.05, 3.63) is 64.6 Å². The maximum absolute atomic E-state index is 13.1. The Bertz CT molecular complexity index is 1150. The number of hydrogen-bond acceptors (Lipinski definition) is 5. The maximum atomic E-state index is 13.1. The van der Waals surface area contributed by atoms with E-state index in [2.05, 4.69) is 50.9 Å². The first kappa shape index (κ1) is 22.2. The quantitative estimate of drug-likeness (QED) is 0.543. The lowest BCUT2D eigenvalue weighted by Crippen LogP contribution is -2.42. The minimum atomic E-state index is -0.0796. The Hall–Kier alpha value is -2.99. The number of rotatable bonds is 4. The summed E-state index contributed by atoms with van der Waals surface area (Å²) in [6.07, 6.45) is 4.20. The van der Waals surface area contributed by atoms with E-state index < -0.39 is 0 Å². The Morgan fingerprint density at radius 1 is 1.19 bits per heavy atom. The van der Waals surface area contributed by atoms with E-state index in [9.17, 15) is 4.79 Å². The summed E-state index contributed by atoms with van der Waals surface area (Å²) in [7, 11) is 3.77. The maximum Gasteiger partial charge on any atom is 0.266 e. The zero-order valence-electron chi connectivity index (χ0n) is 19.5. The number of benzene rings is 2. The predicted octanol–water partition coefficient (Wildman–Crippen LogP) is 5.95. The van der Waals surface area contributed by atoms with E-state index in [0.29, 0.717) is 16.6 Å². The lowest BCUT2D eigenvalue weighted by Gasteiger charge is -2.41. The van der Waals surface area contributed by atoms with Gasteiger partial charge >= 0.3 is 0 Å². The van der Waals surface area contributed by atoms with Crippen LogP contribution in [0.4, 0.5) is 11.4 Å². The number of nitrogens with zero attached hydrogens (tertiary/aromatic N) is 3. The molecule has 166 valence electrons. The fourth-order valence-electron chi connectivity index (χ4n) is 4.11. The number of carbonyl (C=O) groups is 1. The Balaban J connectivity index is 1.76. The molecular weight excluding hydrogens is 418 g/mol. The molecule has 5 nitrogen and oxygen atoms in total.